The first-order valence-corrected chi connectivity index (χ1v) is 6.64. The topological polar surface area (TPSA) is 56.1 Å². The van der Waals surface area contributed by atoms with E-state index in [0.29, 0.717) is 5.56 Å². The van der Waals surface area contributed by atoms with Crippen molar-refractivity contribution in [2.45, 2.75) is 0 Å². The van der Waals surface area contributed by atoms with Crippen molar-refractivity contribution >= 4 is 11.6 Å². The number of hydrogen-bond donors (Lipinski definition) is 0. The lowest BCUT2D eigenvalue weighted by Crippen LogP contribution is -2.47. The molecule has 5 heteroatoms. The van der Waals surface area contributed by atoms with Crippen LogP contribution < -0.4 is 9.80 Å². The van der Waals surface area contributed by atoms with E-state index in [9.17, 15) is 0 Å². The van der Waals surface area contributed by atoms with Gasteiger partial charge in [0.1, 0.15) is 17.7 Å². The van der Waals surface area contributed by atoms with Gasteiger partial charge in [0.2, 0.25) is 0 Å². The van der Waals surface area contributed by atoms with E-state index in [4.69, 9.17) is 5.26 Å². The van der Waals surface area contributed by atoms with E-state index in [0.717, 1.165) is 37.8 Å². The van der Waals surface area contributed by atoms with Gasteiger partial charge in [0, 0.05) is 38.6 Å². The van der Waals surface area contributed by atoms with Crippen LogP contribution in [0.15, 0.2) is 42.7 Å². The van der Waals surface area contributed by atoms with Crippen LogP contribution in [-0.4, -0.2) is 36.1 Å². The molecule has 20 heavy (non-hydrogen) atoms. The molecule has 0 amide bonds. The first-order chi connectivity index (χ1) is 9.86. The molecular formula is C15H15N5. The summed E-state index contributed by atoms with van der Waals surface area (Å²) in [7, 11) is 0. The Morgan fingerprint density at radius 3 is 2.10 bits per heavy atom. The minimum atomic E-state index is 0.598. The third kappa shape index (κ3) is 2.54. The molecule has 0 atom stereocenters. The molecule has 0 aromatic carbocycles. The van der Waals surface area contributed by atoms with Crippen LogP contribution in [0.25, 0.3) is 0 Å². The van der Waals surface area contributed by atoms with Crippen LogP contribution in [0.4, 0.5) is 11.6 Å². The highest BCUT2D eigenvalue weighted by Crippen LogP contribution is 2.17. The van der Waals surface area contributed by atoms with Crippen molar-refractivity contribution in [3.8, 4) is 6.07 Å². The zero-order chi connectivity index (χ0) is 13.8. The normalized spacial score (nSPS) is 14.9. The minimum Gasteiger partial charge on any atom is -0.353 e. The zero-order valence-electron chi connectivity index (χ0n) is 11.1. The van der Waals surface area contributed by atoms with Crippen molar-refractivity contribution < 1.29 is 0 Å². The van der Waals surface area contributed by atoms with E-state index < -0.39 is 0 Å². The van der Waals surface area contributed by atoms with Gasteiger partial charge in [-0.1, -0.05) is 6.07 Å². The fourth-order valence-electron chi connectivity index (χ4n) is 2.34. The van der Waals surface area contributed by atoms with Gasteiger partial charge < -0.3 is 9.80 Å². The van der Waals surface area contributed by atoms with E-state index in [1.54, 1.807) is 6.20 Å². The van der Waals surface area contributed by atoms with Crippen LogP contribution in [0.5, 0.6) is 0 Å². The summed E-state index contributed by atoms with van der Waals surface area (Å²) in [5, 5.41) is 8.78. The number of rotatable bonds is 2. The molecule has 100 valence electrons. The second-order valence-electron chi connectivity index (χ2n) is 4.68. The lowest BCUT2D eigenvalue weighted by molar-refractivity contribution is 0.642. The van der Waals surface area contributed by atoms with E-state index in [-0.39, 0.29) is 0 Å². The Labute approximate surface area is 118 Å². The van der Waals surface area contributed by atoms with Gasteiger partial charge in [0.05, 0.1) is 5.56 Å². The molecule has 5 nitrogen and oxygen atoms in total. The van der Waals surface area contributed by atoms with Gasteiger partial charge in [-0.3, -0.25) is 0 Å². The van der Waals surface area contributed by atoms with Crippen LogP contribution >= 0.6 is 0 Å². The van der Waals surface area contributed by atoms with E-state index in [1.165, 1.54) is 0 Å². The molecule has 3 heterocycles. The Morgan fingerprint density at radius 2 is 1.60 bits per heavy atom. The third-order valence-electron chi connectivity index (χ3n) is 3.45. The minimum absolute atomic E-state index is 0.598. The molecule has 1 aliphatic heterocycles. The molecule has 2 aromatic heterocycles. The smallest absolute Gasteiger partial charge is 0.128 e. The summed E-state index contributed by atoms with van der Waals surface area (Å²) in [4.78, 5) is 13.2. The maximum Gasteiger partial charge on any atom is 0.128 e. The van der Waals surface area contributed by atoms with Gasteiger partial charge in [-0.25, -0.2) is 9.97 Å². The Morgan fingerprint density at radius 1 is 0.900 bits per heavy atom. The second-order valence-corrected chi connectivity index (χ2v) is 4.68. The van der Waals surface area contributed by atoms with Crippen molar-refractivity contribution in [2.75, 3.05) is 36.0 Å². The highest BCUT2D eigenvalue weighted by atomic mass is 15.3. The monoisotopic (exact) mass is 265 g/mol. The Hall–Kier alpha value is -2.61. The summed E-state index contributed by atoms with van der Waals surface area (Å²) in [6.45, 7) is 3.68. The molecule has 0 saturated carbocycles. The SMILES string of the molecule is N#Cc1ccc(N2CCN(c3ccccn3)CC2)nc1. The summed E-state index contributed by atoms with van der Waals surface area (Å²) >= 11 is 0. The van der Waals surface area contributed by atoms with E-state index in [1.807, 2.05) is 36.5 Å². The Bertz CT molecular complexity index is 594. The Balaban J connectivity index is 1.65. The molecule has 2 aromatic rings. The summed E-state index contributed by atoms with van der Waals surface area (Å²) < 4.78 is 0. The molecule has 0 N–H and O–H groups in total. The van der Waals surface area contributed by atoms with Gasteiger partial charge in [0.25, 0.3) is 0 Å². The maximum atomic E-state index is 8.78. The third-order valence-corrected chi connectivity index (χ3v) is 3.45. The van der Waals surface area contributed by atoms with Crippen LogP contribution in [-0.2, 0) is 0 Å². The predicted molar refractivity (Wildman–Crippen MR) is 77.6 cm³/mol. The van der Waals surface area contributed by atoms with Crippen molar-refractivity contribution in [1.82, 2.24) is 9.97 Å². The number of nitriles is 1. The van der Waals surface area contributed by atoms with Crippen LogP contribution in [0.2, 0.25) is 0 Å². The van der Waals surface area contributed by atoms with Crippen LogP contribution in [0.1, 0.15) is 5.56 Å². The fraction of sp³-hybridized carbons (Fsp3) is 0.267. The molecule has 0 radical (unpaired) electrons. The summed E-state index contributed by atoms with van der Waals surface area (Å²) in [6, 6.07) is 11.8. The van der Waals surface area contributed by atoms with Gasteiger partial charge in [-0.2, -0.15) is 5.26 Å². The molecule has 1 aliphatic rings. The fourth-order valence-corrected chi connectivity index (χ4v) is 2.34. The van der Waals surface area contributed by atoms with Gasteiger partial charge >= 0.3 is 0 Å². The van der Waals surface area contributed by atoms with E-state index >= 15 is 0 Å². The van der Waals surface area contributed by atoms with Crippen LogP contribution in [0, 0.1) is 11.3 Å². The van der Waals surface area contributed by atoms with Gasteiger partial charge in [-0.15, -0.1) is 0 Å². The zero-order valence-corrected chi connectivity index (χ0v) is 11.1. The molecule has 0 unspecified atom stereocenters. The van der Waals surface area contributed by atoms with Crippen molar-refractivity contribution in [2.24, 2.45) is 0 Å². The number of aromatic nitrogens is 2. The quantitative estimate of drug-likeness (QED) is 0.826. The molecule has 0 spiro atoms. The second kappa shape index (κ2) is 5.57. The summed E-state index contributed by atoms with van der Waals surface area (Å²) in [6.07, 6.45) is 3.45. The van der Waals surface area contributed by atoms with Crippen molar-refractivity contribution in [3.63, 3.8) is 0 Å². The summed E-state index contributed by atoms with van der Waals surface area (Å²) in [5.74, 6) is 1.96. The molecule has 1 fully saturated rings. The Kier molecular flexibility index (Phi) is 3.46. The maximum absolute atomic E-state index is 8.78. The largest absolute Gasteiger partial charge is 0.353 e. The highest BCUT2D eigenvalue weighted by molar-refractivity contribution is 5.46. The average molecular weight is 265 g/mol. The lowest BCUT2D eigenvalue weighted by atomic mass is 10.2. The highest BCUT2D eigenvalue weighted by Gasteiger charge is 2.18. The standard InChI is InChI=1S/C15H15N5/c16-11-13-4-5-15(18-12-13)20-9-7-19(8-10-20)14-3-1-2-6-17-14/h1-6,12H,7-10H2. The van der Waals surface area contributed by atoms with Gasteiger partial charge in [0.15, 0.2) is 0 Å². The molecule has 3 rings (SSSR count). The molecule has 0 aliphatic carbocycles. The first kappa shape index (κ1) is 12.4. The number of pyridine rings is 2. The summed E-state index contributed by atoms with van der Waals surface area (Å²) in [5.41, 5.74) is 0.598. The van der Waals surface area contributed by atoms with E-state index in [2.05, 4.69) is 25.8 Å². The molecular weight excluding hydrogens is 250 g/mol. The number of anilines is 2. The average Bonchev–Trinajstić information content (AvgIpc) is 2.56. The lowest BCUT2D eigenvalue weighted by Gasteiger charge is -2.36. The van der Waals surface area contributed by atoms with Crippen molar-refractivity contribution in [3.05, 3.63) is 48.3 Å². The first-order valence-electron chi connectivity index (χ1n) is 6.64. The van der Waals surface area contributed by atoms with Crippen LogP contribution in [0.3, 0.4) is 0 Å². The molecule has 0 bridgehead atoms. The number of nitrogens with zero attached hydrogens (tertiary/aromatic N) is 5. The number of piperazine rings is 1. The number of hydrogen-bond acceptors (Lipinski definition) is 5. The predicted octanol–water partition coefficient (Wildman–Crippen LogP) is 1.67. The van der Waals surface area contributed by atoms with Crippen molar-refractivity contribution in [1.29, 1.82) is 5.26 Å². The molecule has 1 saturated heterocycles. The van der Waals surface area contributed by atoms with Gasteiger partial charge in [-0.05, 0) is 24.3 Å².